The summed E-state index contributed by atoms with van der Waals surface area (Å²) in [6, 6.07) is 22.5. The third kappa shape index (κ3) is 2.94. The number of ether oxygens (including phenoxy) is 1. The number of hydrogen-bond donors (Lipinski definition) is 2. The van der Waals surface area contributed by atoms with E-state index >= 15 is 0 Å². The first-order valence-electron chi connectivity index (χ1n) is 10.2. The Labute approximate surface area is 190 Å². The average molecular weight is 443 g/mol. The fourth-order valence-electron chi connectivity index (χ4n) is 4.59. The van der Waals surface area contributed by atoms with Crippen LogP contribution in [0.25, 0.3) is 11.1 Å². The normalized spacial score (nSPS) is 23.7. The minimum Gasteiger partial charge on any atom is -0.485 e. The van der Waals surface area contributed by atoms with E-state index in [1.54, 1.807) is 18.2 Å². The summed E-state index contributed by atoms with van der Waals surface area (Å²) >= 11 is 6.44. The first-order chi connectivity index (χ1) is 15.4. The Kier molecular flexibility index (Phi) is 4.65. The molecule has 0 saturated heterocycles. The van der Waals surface area contributed by atoms with Crippen LogP contribution in [-0.4, -0.2) is 11.9 Å². The number of fused-ring (bicyclic) bond motifs is 2. The molecule has 3 atom stereocenters. The number of amides is 1. The number of carbonyl (C=O) groups excluding carboxylic acids is 1. The van der Waals surface area contributed by atoms with Gasteiger partial charge in [-0.05, 0) is 41.5 Å². The number of nitrogens with two attached hydrogens (primary N) is 1. The molecule has 3 aromatic carbocycles. The molecule has 3 N–H and O–H groups in total. The Bertz CT molecular complexity index is 1320. The largest absolute Gasteiger partial charge is 0.485 e. The van der Waals surface area contributed by atoms with Crippen molar-refractivity contribution in [1.29, 1.82) is 5.26 Å². The van der Waals surface area contributed by atoms with E-state index in [-0.39, 0.29) is 23.9 Å². The number of halogens is 1. The summed E-state index contributed by atoms with van der Waals surface area (Å²) in [7, 11) is 0. The zero-order chi connectivity index (χ0) is 22.5. The van der Waals surface area contributed by atoms with Crippen molar-refractivity contribution in [3.63, 3.8) is 0 Å². The molecule has 2 aliphatic rings. The zero-order valence-electron chi connectivity index (χ0n) is 17.2. The molecule has 0 saturated carbocycles. The highest BCUT2D eigenvalue weighted by Gasteiger charge is 2.56. The van der Waals surface area contributed by atoms with Crippen LogP contribution in [0.4, 0.5) is 0 Å². The highest BCUT2D eigenvalue weighted by Crippen LogP contribution is 2.53. The van der Waals surface area contributed by atoms with Crippen molar-refractivity contribution < 1.29 is 9.53 Å². The molecule has 6 nitrogen and oxygen atoms in total. The Balaban J connectivity index is 1.72. The Hall–Kier alpha value is -3.82. The summed E-state index contributed by atoms with van der Waals surface area (Å²) in [6.45, 7) is 1.94. The van der Waals surface area contributed by atoms with Gasteiger partial charge in [-0.2, -0.15) is 5.26 Å². The number of nitriles is 1. The molecule has 0 fully saturated rings. The van der Waals surface area contributed by atoms with E-state index in [1.165, 1.54) is 0 Å². The van der Waals surface area contributed by atoms with Crippen LogP contribution in [0.1, 0.15) is 29.7 Å². The second-order valence-corrected chi connectivity index (χ2v) is 8.38. The first-order valence-corrected chi connectivity index (χ1v) is 10.5. The molecule has 0 aromatic heterocycles. The van der Waals surface area contributed by atoms with Crippen LogP contribution in [-0.2, 0) is 10.3 Å². The van der Waals surface area contributed by atoms with Crippen LogP contribution in [0, 0.1) is 17.2 Å². The molecule has 3 aromatic rings. The molecule has 2 heterocycles. The third-order valence-electron chi connectivity index (χ3n) is 6.18. The van der Waals surface area contributed by atoms with Crippen LogP contribution < -0.4 is 15.8 Å². The SMILES string of the molecule is CC1[C@H](c2ccccc2)Oc2ccc(-c3cc(C#N)ccc3Cl)cc2C12N=C(N)NC2=O. The number of nitrogens with one attached hydrogen (secondary N) is 1. The summed E-state index contributed by atoms with van der Waals surface area (Å²) < 4.78 is 6.39. The van der Waals surface area contributed by atoms with Crippen LogP contribution >= 0.6 is 11.6 Å². The summed E-state index contributed by atoms with van der Waals surface area (Å²) in [5.41, 5.74) is 8.23. The molecule has 2 unspecified atom stereocenters. The van der Waals surface area contributed by atoms with Crippen molar-refractivity contribution in [2.75, 3.05) is 0 Å². The number of rotatable bonds is 2. The Morgan fingerprint density at radius 2 is 1.94 bits per heavy atom. The predicted octanol–water partition coefficient (Wildman–Crippen LogP) is 4.29. The van der Waals surface area contributed by atoms with Gasteiger partial charge in [-0.1, -0.05) is 54.9 Å². The standard InChI is InChI=1S/C25H19ClN4O2/c1-14-22(16-5-3-2-4-6-16)32-21-10-8-17(18-11-15(13-27)7-9-20(18)26)12-19(21)25(14)23(31)29-24(28)30-25/h2-12,14,22H,1H3,(H3,28,29,30,31)/t14?,22-,25?/m1/s1. The molecule has 158 valence electrons. The molecule has 32 heavy (non-hydrogen) atoms. The van der Waals surface area contributed by atoms with Gasteiger partial charge in [0.05, 0.1) is 11.6 Å². The number of hydrogen-bond acceptors (Lipinski definition) is 5. The van der Waals surface area contributed by atoms with Crippen LogP contribution in [0.5, 0.6) is 5.75 Å². The molecule has 0 radical (unpaired) electrons. The lowest BCUT2D eigenvalue weighted by Gasteiger charge is -2.42. The highest BCUT2D eigenvalue weighted by atomic mass is 35.5. The molecule has 0 bridgehead atoms. The monoisotopic (exact) mass is 442 g/mol. The molecular weight excluding hydrogens is 424 g/mol. The van der Waals surface area contributed by atoms with E-state index in [0.29, 0.717) is 27.5 Å². The van der Waals surface area contributed by atoms with Crippen LogP contribution in [0.15, 0.2) is 71.7 Å². The van der Waals surface area contributed by atoms with E-state index in [0.717, 1.165) is 11.1 Å². The van der Waals surface area contributed by atoms with Gasteiger partial charge in [0.15, 0.2) is 11.5 Å². The highest BCUT2D eigenvalue weighted by molar-refractivity contribution is 6.33. The van der Waals surface area contributed by atoms with Crippen molar-refractivity contribution in [3.8, 4) is 22.9 Å². The van der Waals surface area contributed by atoms with Gasteiger partial charge in [0.1, 0.15) is 11.9 Å². The maximum Gasteiger partial charge on any atom is 0.259 e. The van der Waals surface area contributed by atoms with Crippen LogP contribution in [0.3, 0.4) is 0 Å². The number of carbonyl (C=O) groups is 1. The van der Waals surface area contributed by atoms with Crippen molar-refractivity contribution in [2.24, 2.45) is 16.6 Å². The lowest BCUT2D eigenvalue weighted by Crippen LogP contribution is -2.48. The van der Waals surface area contributed by atoms with E-state index in [4.69, 9.17) is 22.1 Å². The van der Waals surface area contributed by atoms with Crippen molar-refractivity contribution in [2.45, 2.75) is 18.6 Å². The summed E-state index contributed by atoms with van der Waals surface area (Å²) in [5.74, 6) is 0.00917. The first kappa shape index (κ1) is 20.1. The van der Waals surface area contributed by atoms with E-state index in [1.807, 2.05) is 55.5 Å². The molecular formula is C25H19ClN4O2. The molecule has 5 rings (SSSR count). The smallest absolute Gasteiger partial charge is 0.259 e. The van der Waals surface area contributed by atoms with Gasteiger partial charge in [-0.25, -0.2) is 4.99 Å². The second kappa shape index (κ2) is 7.40. The van der Waals surface area contributed by atoms with Crippen molar-refractivity contribution >= 4 is 23.5 Å². The van der Waals surface area contributed by atoms with Gasteiger partial charge >= 0.3 is 0 Å². The van der Waals surface area contributed by atoms with Gasteiger partial charge in [0.25, 0.3) is 5.91 Å². The fourth-order valence-corrected chi connectivity index (χ4v) is 4.81. The van der Waals surface area contributed by atoms with Gasteiger partial charge in [0.2, 0.25) is 0 Å². The topological polar surface area (TPSA) is 100 Å². The van der Waals surface area contributed by atoms with Gasteiger partial charge in [-0.15, -0.1) is 0 Å². The van der Waals surface area contributed by atoms with Crippen molar-refractivity contribution in [1.82, 2.24) is 5.32 Å². The number of guanidine groups is 1. The molecule has 1 spiro atoms. The average Bonchev–Trinajstić information content (AvgIpc) is 3.11. The van der Waals surface area contributed by atoms with E-state index in [9.17, 15) is 10.1 Å². The maximum atomic E-state index is 13.3. The molecule has 1 amide bonds. The predicted molar refractivity (Wildman–Crippen MR) is 122 cm³/mol. The van der Waals surface area contributed by atoms with Gasteiger partial charge < -0.3 is 10.5 Å². The summed E-state index contributed by atoms with van der Waals surface area (Å²) in [6.07, 6.45) is -0.388. The lowest BCUT2D eigenvalue weighted by molar-refractivity contribution is -0.128. The molecule has 7 heteroatoms. The molecule has 2 aliphatic heterocycles. The summed E-state index contributed by atoms with van der Waals surface area (Å²) in [4.78, 5) is 17.9. The second-order valence-electron chi connectivity index (χ2n) is 7.97. The van der Waals surface area contributed by atoms with Gasteiger partial charge in [0, 0.05) is 22.1 Å². The Morgan fingerprint density at radius 3 is 2.62 bits per heavy atom. The van der Waals surface area contributed by atoms with Crippen molar-refractivity contribution in [3.05, 3.63) is 88.4 Å². The third-order valence-corrected chi connectivity index (χ3v) is 6.51. The van der Waals surface area contributed by atoms with E-state index < -0.39 is 5.54 Å². The minimum atomic E-state index is -1.24. The maximum absolute atomic E-state index is 13.3. The van der Waals surface area contributed by atoms with Gasteiger partial charge in [-0.3, -0.25) is 10.1 Å². The lowest BCUT2D eigenvalue weighted by atomic mass is 9.72. The summed E-state index contributed by atoms with van der Waals surface area (Å²) in [5, 5.41) is 12.5. The zero-order valence-corrected chi connectivity index (χ0v) is 17.9. The quantitative estimate of drug-likeness (QED) is 0.618. The van der Waals surface area contributed by atoms with E-state index in [2.05, 4.69) is 16.4 Å². The van der Waals surface area contributed by atoms with Crippen LogP contribution in [0.2, 0.25) is 5.02 Å². The fraction of sp³-hybridized carbons (Fsp3) is 0.160. The Morgan fingerprint density at radius 1 is 1.16 bits per heavy atom. The minimum absolute atomic E-state index is 0.0800. The molecule has 0 aliphatic carbocycles. The number of benzene rings is 3. The number of nitrogens with zero attached hydrogens (tertiary/aromatic N) is 2. The number of aliphatic imine (C=N–C) groups is 1.